The first-order valence-electron chi connectivity index (χ1n) is 7.53. The molecule has 3 N–H and O–H groups in total. The van der Waals surface area contributed by atoms with Gasteiger partial charge in [0.05, 0.1) is 0 Å². The minimum atomic E-state index is -0.874. The summed E-state index contributed by atoms with van der Waals surface area (Å²) in [6.07, 6.45) is 1.11. The zero-order valence-electron chi connectivity index (χ0n) is 13.4. The fourth-order valence-electron chi connectivity index (χ4n) is 2.25. The Labute approximate surface area is 126 Å². The van der Waals surface area contributed by atoms with Gasteiger partial charge in [-0.2, -0.15) is 0 Å². The molecule has 21 heavy (non-hydrogen) atoms. The van der Waals surface area contributed by atoms with Gasteiger partial charge in [-0.1, -0.05) is 27.7 Å². The molecule has 6 heteroatoms. The average molecular weight is 300 g/mol. The van der Waals surface area contributed by atoms with Gasteiger partial charge in [0.2, 0.25) is 5.91 Å². The lowest BCUT2D eigenvalue weighted by Gasteiger charge is -2.24. The number of rotatable bonds is 9. The van der Waals surface area contributed by atoms with Gasteiger partial charge >= 0.3 is 12.0 Å². The summed E-state index contributed by atoms with van der Waals surface area (Å²) >= 11 is 0. The smallest absolute Gasteiger partial charge is 0.321 e. The van der Waals surface area contributed by atoms with E-state index in [1.165, 1.54) is 0 Å². The normalized spacial score (nSPS) is 11.0. The zero-order valence-corrected chi connectivity index (χ0v) is 13.4. The molecule has 0 heterocycles. The number of carboxylic acid groups (broad SMARTS) is 1. The summed E-state index contributed by atoms with van der Waals surface area (Å²) in [5, 5.41) is 13.5. The number of hydrogen-bond acceptors (Lipinski definition) is 3. The van der Waals surface area contributed by atoms with Crippen molar-refractivity contribution in [3.63, 3.8) is 0 Å². The van der Waals surface area contributed by atoms with Crippen LogP contribution in [0.2, 0.25) is 0 Å². The van der Waals surface area contributed by atoms with E-state index >= 15 is 0 Å². The molecule has 3 amide bonds. The Morgan fingerprint density at radius 3 is 1.95 bits per heavy atom. The summed E-state index contributed by atoms with van der Waals surface area (Å²) in [5.41, 5.74) is 0. The molecule has 122 valence electrons. The van der Waals surface area contributed by atoms with Crippen LogP contribution >= 0.6 is 0 Å². The largest absolute Gasteiger partial charge is 0.481 e. The maximum atomic E-state index is 11.6. The fraction of sp³-hybridized carbons (Fsp3) is 0.800. The first kappa shape index (κ1) is 19.4. The molecule has 0 aromatic heterocycles. The highest BCUT2D eigenvalue weighted by Crippen LogP contribution is 2.19. The summed E-state index contributed by atoms with van der Waals surface area (Å²) in [5.74, 6) is 0.0283. The SMILES string of the molecule is CC(C)C(CNC(=O)NC(=O)CCCCC(=O)O)C(C)C. The fourth-order valence-corrected chi connectivity index (χ4v) is 2.25. The van der Waals surface area contributed by atoms with Crippen LogP contribution in [0.4, 0.5) is 4.79 Å². The Balaban J connectivity index is 3.92. The molecule has 0 aliphatic heterocycles. The van der Waals surface area contributed by atoms with Crippen LogP contribution in [0.25, 0.3) is 0 Å². The molecule has 0 spiro atoms. The minimum absolute atomic E-state index is 0.0456. The molecular formula is C15H28N2O4. The Bertz CT molecular complexity index is 346. The van der Waals surface area contributed by atoms with Gasteiger partial charge in [-0.25, -0.2) is 4.79 Å². The highest BCUT2D eigenvalue weighted by molar-refractivity contribution is 5.94. The van der Waals surface area contributed by atoms with Crippen LogP contribution in [0.1, 0.15) is 53.4 Å². The quantitative estimate of drug-likeness (QED) is 0.570. The van der Waals surface area contributed by atoms with Crippen LogP contribution in [-0.2, 0) is 9.59 Å². The Kier molecular flexibility index (Phi) is 9.41. The third-order valence-electron chi connectivity index (χ3n) is 3.51. The first-order valence-corrected chi connectivity index (χ1v) is 7.53. The molecule has 0 saturated heterocycles. The molecular weight excluding hydrogens is 272 g/mol. The summed E-state index contributed by atoms with van der Waals surface area (Å²) in [6, 6.07) is -0.482. The number of carbonyl (C=O) groups is 3. The molecule has 0 unspecified atom stereocenters. The van der Waals surface area contributed by atoms with E-state index in [4.69, 9.17) is 5.11 Å². The van der Waals surface area contributed by atoms with Gasteiger partial charge in [0.25, 0.3) is 0 Å². The topological polar surface area (TPSA) is 95.5 Å². The van der Waals surface area contributed by atoms with Crippen LogP contribution < -0.4 is 10.6 Å². The van der Waals surface area contributed by atoms with Crippen molar-refractivity contribution in [2.45, 2.75) is 53.4 Å². The van der Waals surface area contributed by atoms with E-state index in [1.54, 1.807) is 0 Å². The molecule has 0 fully saturated rings. The second kappa shape index (κ2) is 10.2. The highest BCUT2D eigenvalue weighted by atomic mass is 16.4. The van der Waals surface area contributed by atoms with E-state index < -0.39 is 12.0 Å². The average Bonchev–Trinajstić information content (AvgIpc) is 2.33. The predicted molar refractivity (Wildman–Crippen MR) is 80.8 cm³/mol. The number of hydrogen-bond donors (Lipinski definition) is 3. The second-order valence-electron chi connectivity index (χ2n) is 6.01. The van der Waals surface area contributed by atoms with E-state index in [0.29, 0.717) is 37.1 Å². The zero-order chi connectivity index (χ0) is 16.4. The summed E-state index contributed by atoms with van der Waals surface area (Å²) in [4.78, 5) is 33.4. The number of carbonyl (C=O) groups excluding carboxylic acids is 2. The van der Waals surface area contributed by atoms with Crippen molar-refractivity contribution < 1.29 is 19.5 Å². The second-order valence-corrected chi connectivity index (χ2v) is 6.01. The molecule has 0 atom stereocenters. The lowest BCUT2D eigenvalue weighted by Crippen LogP contribution is -2.42. The third-order valence-corrected chi connectivity index (χ3v) is 3.51. The number of aliphatic carboxylic acids is 1. The van der Waals surface area contributed by atoms with Gasteiger partial charge in [0, 0.05) is 19.4 Å². The van der Waals surface area contributed by atoms with Gasteiger partial charge in [0.15, 0.2) is 0 Å². The van der Waals surface area contributed by atoms with Crippen LogP contribution in [0.3, 0.4) is 0 Å². The number of imide groups is 1. The van der Waals surface area contributed by atoms with Crippen molar-refractivity contribution in [3.05, 3.63) is 0 Å². The van der Waals surface area contributed by atoms with Crippen LogP contribution in [-0.4, -0.2) is 29.6 Å². The Hall–Kier alpha value is -1.59. The maximum absolute atomic E-state index is 11.6. The summed E-state index contributed by atoms with van der Waals surface area (Å²) < 4.78 is 0. The standard InChI is InChI=1S/C15H28N2O4/c1-10(2)12(11(3)4)9-16-15(21)17-13(18)7-5-6-8-14(19)20/h10-12H,5-9H2,1-4H3,(H,19,20)(H2,16,17,18,21). The van der Waals surface area contributed by atoms with E-state index in [2.05, 4.69) is 38.3 Å². The molecule has 0 aromatic rings. The van der Waals surface area contributed by atoms with Crippen LogP contribution in [0, 0.1) is 17.8 Å². The molecule has 0 aromatic carbocycles. The third kappa shape index (κ3) is 9.87. The lowest BCUT2D eigenvalue weighted by atomic mass is 9.85. The molecule has 0 aliphatic carbocycles. The number of carboxylic acids is 1. The van der Waals surface area contributed by atoms with Crippen molar-refractivity contribution in [3.8, 4) is 0 Å². The van der Waals surface area contributed by atoms with Gasteiger partial charge < -0.3 is 10.4 Å². The van der Waals surface area contributed by atoms with Gasteiger partial charge in [-0.15, -0.1) is 0 Å². The molecule has 0 rings (SSSR count). The van der Waals surface area contributed by atoms with Crippen molar-refractivity contribution in [2.24, 2.45) is 17.8 Å². The lowest BCUT2D eigenvalue weighted by molar-refractivity contribution is -0.137. The predicted octanol–water partition coefficient (Wildman–Crippen LogP) is 2.39. The van der Waals surface area contributed by atoms with Gasteiger partial charge in [-0.05, 0) is 30.6 Å². The first-order chi connectivity index (χ1) is 9.73. The van der Waals surface area contributed by atoms with E-state index in [-0.39, 0.29) is 18.7 Å². The highest BCUT2D eigenvalue weighted by Gasteiger charge is 2.18. The summed E-state index contributed by atoms with van der Waals surface area (Å²) in [7, 11) is 0. The van der Waals surface area contributed by atoms with Gasteiger partial charge in [0.1, 0.15) is 0 Å². The molecule has 0 saturated carbocycles. The van der Waals surface area contributed by atoms with Crippen molar-refractivity contribution in [1.82, 2.24) is 10.6 Å². The maximum Gasteiger partial charge on any atom is 0.321 e. The van der Waals surface area contributed by atoms with Crippen LogP contribution in [0.15, 0.2) is 0 Å². The van der Waals surface area contributed by atoms with Crippen molar-refractivity contribution in [2.75, 3.05) is 6.54 Å². The number of urea groups is 1. The van der Waals surface area contributed by atoms with Crippen molar-refractivity contribution in [1.29, 1.82) is 0 Å². The number of unbranched alkanes of at least 4 members (excludes halogenated alkanes) is 1. The number of amides is 3. The minimum Gasteiger partial charge on any atom is -0.481 e. The van der Waals surface area contributed by atoms with Gasteiger partial charge in [-0.3, -0.25) is 14.9 Å². The van der Waals surface area contributed by atoms with E-state index in [0.717, 1.165) is 0 Å². The Morgan fingerprint density at radius 1 is 0.952 bits per heavy atom. The molecule has 0 radical (unpaired) electrons. The number of nitrogens with one attached hydrogen (secondary N) is 2. The Morgan fingerprint density at radius 2 is 1.48 bits per heavy atom. The summed E-state index contributed by atoms with van der Waals surface area (Å²) in [6.45, 7) is 8.97. The molecule has 6 nitrogen and oxygen atoms in total. The molecule has 0 aliphatic rings. The monoisotopic (exact) mass is 300 g/mol. The molecule has 0 bridgehead atoms. The van der Waals surface area contributed by atoms with E-state index in [1.807, 2.05) is 0 Å². The van der Waals surface area contributed by atoms with E-state index in [9.17, 15) is 14.4 Å². The van der Waals surface area contributed by atoms with Crippen LogP contribution in [0.5, 0.6) is 0 Å². The van der Waals surface area contributed by atoms with Crippen molar-refractivity contribution >= 4 is 17.9 Å².